The van der Waals surface area contributed by atoms with Crippen LogP contribution in [0.4, 0.5) is 0 Å². The van der Waals surface area contributed by atoms with Crippen molar-refractivity contribution in [1.29, 1.82) is 0 Å². The van der Waals surface area contributed by atoms with Gasteiger partial charge in [-0.1, -0.05) is 56.7 Å². The van der Waals surface area contributed by atoms with Crippen LogP contribution in [0, 0.1) is 5.92 Å². The Morgan fingerprint density at radius 1 is 1.43 bits per heavy atom. The molecule has 0 spiro atoms. The Morgan fingerprint density at radius 2 is 2.05 bits per heavy atom. The Labute approximate surface area is 128 Å². The molecule has 0 fully saturated rings. The van der Waals surface area contributed by atoms with Crippen molar-refractivity contribution in [2.24, 2.45) is 5.92 Å². The number of benzene rings is 1. The number of aliphatic hydroxyl groups is 1. The third-order valence-electron chi connectivity index (χ3n) is 4.24. The summed E-state index contributed by atoms with van der Waals surface area (Å²) in [7, 11) is 0. The maximum absolute atomic E-state index is 12.1. The lowest BCUT2D eigenvalue weighted by atomic mass is 9.88. The lowest BCUT2D eigenvalue weighted by Crippen LogP contribution is -2.45. The second kappa shape index (κ2) is 7.99. The van der Waals surface area contributed by atoms with Crippen LogP contribution in [-0.2, 0) is 4.79 Å². The van der Waals surface area contributed by atoms with Crippen molar-refractivity contribution in [2.45, 2.75) is 45.1 Å². The standard InChI is InChI=1S/C18H27NO2/c1-5-14(3)18(4,21)13-19-17(20)12-15(6-2)16-10-8-7-9-11-16/h6-11,14-15,21H,2,5,12-13H2,1,3-4H3,(H,19,20). The van der Waals surface area contributed by atoms with Crippen LogP contribution in [0.3, 0.4) is 0 Å². The highest BCUT2D eigenvalue weighted by molar-refractivity contribution is 5.77. The van der Waals surface area contributed by atoms with Crippen molar-refractivity contribution in [2.75, 3.05) is 6.54 Å². The highest BCUT2D eigenvalue weighted by atomic mass is 16.3. The average molecular weight is 289 g/mol. The molecule has 0 aliphatic carbocycles. The molecule has 1 aromatic rings. The van der Waals surface area contributed by atoms with Gasteiger partial charge in [0.2, 0.25) is 5.91 Å². The van der Waals surface area contributed by atoms with Gasteiger partial charge in [0, 0.05) is 18.9 Å². The van der Waals surface area contributed by atoms with Gasteiger partial charge in [0.1, 0.15) is 0 Å². The predicted octanol–water partition coefficient (Wildman–Crippen LogP) is 3.26. The van der Waals surface area contributed by atoms with E-state index in [0.717, 1.165) is 12.0 Å². The van der Waals surface area contributed by atoms with Crippen LogP contribution in [0.15, 0.2) is 43.0 Å². The van der Waals surface area contributed by atoms with Crippen LogP contribution in [0.2, 0.25) is 0 Å². The van der Waals surface area contributed by atoms with Gasteiger partial charge in [-0.05, 0) is 18.4 Å². The smallest absolute Gasteiger partial charge is 0.221 e. The van der Waals surface area contributed by atoms with E-state index in [1.165, 1.54) is 0 Å². The van der Waals surface area contributed by atoms with Crippen LogP contribution in [0.1, 0.15) is 45.1 Å². The van der Waals surface area contributed by atoms with E-state index in [9.17, 15) is 9.90 Å². The van der Waals surface area contributed by atoms with Crippen molar-refractivity contribution in [1.82, 2.24) is 5.32 Å². The molecule has 116 valence electrons. The van der Waals surface area contributed by atoms with Gasteiger partial charge in [-0.2, -0.15) is 0 Å². The van der Waals surface area contributed by atoms with E-state index in [1.54, 1.807) is 13.0 Å². The summed E-state index contributed by atoms with van der Waals surface area (Å²) in [6.45, 7) is 9.88. The number of nitrogens with one attached hydrogen (secondary N) is 1. The van der Waals surface area contributed by atoms with Gasteiger partial charge in [-0.15, -0.1) is 6.58 Å². The number of carbonyl (C=O) groups is 1. The first kappa shape index (κ1) is 17.4. The van der Waals surface area contributed by atoms with E-state index in [1.807, 2.05) is 44.2 Å². The monoisotopic (exact) mass is 289 g/mol. The van der Waals surface area contributed by atoms with Crippen molar-refractivity contribution in [3.05, 3.63) is 48.6 Å². The SMILES string of the molecule is C=CC(CC(=O)NCC(C)(O)C(C)CC)c1ccccc1. The van der Waals surface area contributed by atoms with E-state index < -0.39 is 5.60 Å². The molecule has 0 aliphatic heterocycles. The van der Waals surface area contributed by atoms with E-state index in [0.29, 0.717) is 6.42 Å². The zero-order valence-corrected chi connectivity index (χ0v) is 13.3. The first-order valence-electron chi connectivity index (χ1n) is 7.57. The first-order chi connectivity index (χ1) is 9.90. The second-order valence-electron chi connectivity index (χ2n) is 5.90. The zero-order valence-electron chi connectivity index (χ0n) is 13.3. The lowest BCUT2D eigenvalue weighted by molar-refractivity contribution is -0.122. The van der Waals surface area contributed by atoms with Gasteiger partial charge in [0.15, 0.2) is 0 Å². The molecule has 0 bridgehead atoms. The number of rotatable bonds is 8. The van der Waals surface area contributed by atoms with Gasteiger partial charge in [-0.3, -0.25) is 4.79 Å². The molecule has 3 atom stereocenters. The molecule has 0 heterocycles. The normalized spacial score (nSPS) is 16.6. The Morgan fingerprint density at radius 3 is 2.57 bits per heavy atom. The summed E-state index contributed by atoms with van der Waals surface area (Å²) in [4.78, 5) is 12.1. The van der Waals surface area contributed by atoms with Crippen molar-refractivity contribution >= 4 is 5.91 Å². The van der Waals surface area contributed by atoms with Gasteiger partial charge < -0.3 is 10.4 Å². The molecule has 1 rings (SSSR count). The second-order valence-corrected chi connectivity index (χ2v) is 5.90. The summed E-state index contributed by atoms with van der Waals surface area (Å²) in [5, 5.41) is 13.1. The zero-order chi connectivity index (χ0) is 15.9. The predicted molar refractivity (Wildman–Crippen MR) is 87.1 cm³/mol. The molecule has 1 amide bonds. The fraction of sp³-hybridized carbons (Fsp3) is 0.500. The number of hydrogen-bond donors (Lipinski definition) is 2. The Bertz CT molecular complexity index is 454. The maximum Gasteiger partial charge on any atom is 0.221 e. The summed E-state index contributed by atoms with van der Waals surface area (Å²) in [5.41, 5.74) is 0.206. The highest BCUT2D eigenvalue weighted by Crippen LogP contribution is 2.21. The molecule has 3 heteroatoms. The van der Waals surface area contributed by atoms with Gasteiger partial charge in [0.25, 0.3) is 0 Å². The fourth-order valence-corrected chi connectivity index (χ4v) is 2.20. The van der Waals surface area contributed by atoms with Gasteiger partial charge >= 0.3 is 0 Å². The molecule has 21 heavy (non-hydrogen) atoms. The summed E-state index contributed by atoms with van der Waals surface area (Å²) < 4.78 is 0. The fourth-order valence-electron chi connectivity index (χ4n) is 2.20. The molecular formula is C18H27NO2. The van der Waals surface area contributed by atoms with E-state index in [-0.39, 0.29) is 24.3 Å². The molecule has 3 unspecified atom stereocenters. The third-order valence-corrected chi connectivity index (χ3v) is 4.24. The number of allylic oxidation sites excluding steroid dienone is 1. The Kier molecular flexibility index (Phi) is 6.63. The topological polar surface area (TPSA) is 49.3 Å². The largest absolute Gasteiger partial charge is 0.388 e. The highest BCUT2D eigenvalue weighted by Gasteiger charge is 2.27. The van der Waals surface area contributed by atoms with Gasteiger partial charge in [-0.25, -0.2) is 0 Å². The maximum atomic E-state index is 12.1. The molecule has 0 aliphatic rings. The van der Waals surface area contributed by atoms with E-state index >= 15 is 0 Å². The Balaban J connectivity index is 2.55. The summed E-state index contributed by atoms with van der Waals surface area (Å²) in [6.07, 6.45) is 3.02. The minimum atomic E-state index is -0.874. The molecule has 0 radical (unpaired) electrons. The third kappa shape index (κ3) is 5.35. The van der Waals surface area contributed by atoms with Crippen LogP contribution in [0.5, 0.6) is 0 Å². The molecule has 1 aromatic carbocycles. The van der Waals surface area contributed by atoms with Crippen molar-refractivity contribution in [3.8, 4) is 0 Å². The van der Waals surface area contributed by atoms with Crippen LogP contribution >= 0.6 is 0 Å². The van der Waals surface area contributed by atoms with Gasteiger partial charge in [0.05, 0.1) is 5.60 Å². The van der Waals surface area contributed by atoms with Crippen molar-refractivity contribution < 1.29 is 9.90 Å². The summed E-state index contributed by atoms with van der Waals surface area (Å²) >= 11 is 0. The molecule has 0 saturated heterocycles. The lowest BCUT2D eigenvalue weighted by Gasteiger charge is -2.30. The van der Waals surface area contributed by atoms with E-state index in [2.05, 4.69) is 11.9 Å². The molecule has 2 N–H and O–H groups in total. The summed E-state index contributed by atoms with van der Waals surface area (Å²) in [6, 6.07) is 9.85. The van der Waals surface area contributed by atoms with Crippen LogP contribution in [0.25, 0.3) is 0 Å². The number of amides is 1. The number of hydrogen-bond acceptors (Lipinski definition) is 2. The van der Waals surface area contributed by atoms with Crippen molar-refractivity contribution in [3.63, 3.8) is 0 Å². The van der Waals surface area contributed by atoms with E-state index in [4.69, 9.17) is 0 Å². The Hall–Kier alpha value is -1.61. The minimum Gasteiger partial charge on any atom is -0.388 e. The summed E-state index contributed by atoms with van der Waals surface area (Å²) in [5.74, 6) is 0.0780. The molecule has 0 saturated carbocycles. The molecule has 3 nitrogen and oxygen atoms in total. The van der Waals surface area contributed by atoms with Crippen LogP contribution in [-0.4, -0.2) is 23.2 Å². The number of carbonyl (C=O) groups excluding carboxylic acids is 1. The first-order valence-corrected chi connectivity index (χ1v) is 7.57. The molecular weight excluding hydrogens is 262 g/mol. The average Bonchev–Trinajstić information content (AvgIpc) is 2.50. The molecule has 0 aromatic heterocycles. The van der Waals surface area contributed by atoms with Crippen LogP contribution < -0.4 is 5.32 Å². The quantitative estimate of drug-likeness (QED) is 0.722. The minimum absolute atomic E-state index is 0.000234.